The van der Waals surface area contributed by atoms with Crippen LogP contribution in [0.4, 0.5) is 4.79 Å². The van der Waals surface area contributed by atoms with Gasteiger partial charge in [-0.2, -0.15) is 0 Å². The summed E-state index contributed by atoms with van der Waals surface area (Å²) >= 11 is 0. The molecular formula is C23H34N4O5. The smallest absolute Gasteiger partial charge is 0.321 e. The summed E-state index contributed by atoms with van der Waals surface area (Å²) in [6.07, 6.45) is 0.598. The van der Waals surface area contributed by atoms with Crippen LogP contribution in [0.3, 0.4) is 0 Å². The van der Waals surface area contributed by atoms with Gasteiger partial charge in [-0.05, 0) is 30.0 Å². The van der Waals surface area contributed by atoms with E-state index in [1.54, 1.807) is 28.9 Å². The number of fused-ring (bicyclic) bond motifs is 1. The SMILES string of the molecule is COCCN1C[C@@H]2CN(CC(=O)NCc3cccc(OC)c3)C(=O)N2[C@@H](CC(C)C)C1=O. The van der Waals surface area contributed by atoms with Crippen molar-refractivity contribution >= 4 is 17.8 Å². The van der Waals surface area contributed by atoms with Crippen molar-refractivity contribution in [2.45, 2.75) is 38.9 Å². The molecule has 176 valence electrons. The molecule has 3 rings (SSSR count). The number of nitrogens with one attached hydrogen (secondary N) is 1. The summed E-state index contributed by atoms with van der Waals surface area (Å²) in [5, 5.41) is 2.87. The summed E-state index contributed by atoms with van der Waals surface area (Å²) in [4.78, 5) is 43.8. The number of carbonyl (C=O) groups is 3. The predicted octanol–water partition coefficient (Wildman–Crippen LogP) is 1.32. The first kappa shape index (κ1) is 23.8. The third kappa shape index (κ3) is 5.51. The number of rotatable bonds is 10. The summed E-state index contributed by atoms with van der Waals surface area (Å²) in [5.41, 5.74) is 0.916. The van der Waals surface area contributed by atoms with E-state index >= 15 is 0 Å². The van der Waals surface area contributed by atoms with Crippen LogP contribution in [-0.4, -0.2) is 91.6 Å². The van der Waals surface area contributed by atoms with Gasteiger partial charge in [0, 0.05) is 33.3 Å². The summed E-state index contributed by atoms with van der Waals surface area (Å²) in [6.45, 7) is 6.25. The number of hydrogen-bond donors (Lipinski definition) is 1. The molecule has 32 heavy (non-hydrogen) atoms. The number of nitrogens with zero attached hydrogens (tertiary/aromatic N) is 3. The zero-order valence-electron chi connectivity index (χ0n) is 19.4. The second kappa shape index (κ2) is 10.7. The quantitative estimate of drug-likeness (QED) is 0.585. The van der Waals surface area contributed by atoms with E-state index in [9.17, 15) is 14.4 Å². The zero-order chi connectivity index (χ0) is 23.3. The first-order valence-electron chi connectivity index (χ1n) is 11.1. The Morgan fingerprint density at radius 3 is 2.62 bits per heavy atom. The van der Waals surface area contributed by atoms with E-state index in [1.807, 2.05) is 38.1 Å². The predicted molar refractivity (Wildman–Crippen MR) is 119 cm³/mol. The van der Waals surface area contributed by atoms with E-state index in [4.69, 9.17) is 9.47 Å². The van der Waals surface area contributed by atoms with Crippen molar-refractivity contribution in [2.24, 2.45) is 5.92 Å². The molecule has 0 saturated carbocycles. The van der Waals surface area contributed by atoms with Crippen molar-refractivity contribution in [2.75, 3.05) is 47.0 Å². The van der Waals surface area contributed by atoms with Gasteiger partial charge in [0.2, 0.25) is 11.8 Å². The maximum atomic E-state index is 13.2. The van der Waals surface area contributed by atoms with Crippen LogP contribution >= 0.6 is 0 Å². The van der Waals surface area contributed by atoms with Crippen LogP contribution in [0, 0.1) is 5.92 Å². The molecule has 4 amide bonds. The van der Waals surface area contributed by atoms with Crippen LogP contribution < -0.4 is 10.1 Å². The molecule has 1 aromatic carbocycles. The van der Waals surface area contributed by atoms with Gasteiger partial charge in [-0.25, -0.2) is 4.79 Å². The third-order valence-electron chi connectivity index (χ3n) is 5.90. The topological polar surface area (TPSA) is 91.4 Å². The minimum atomic E-state index is -0.497. The molecule has 0 aromatic heterocycles. The fourth-order valence-corrected chi connectivity index (χ4v) is 4.36. The number of urea groups is 1. The zero-order valence-corrected chi connectivity index (χ0v) is 19.4. The van der Waals surface area contributed by atoms with Gasteiger partial charge in [0.15, 0.2) is 0 Å². The van der Waals surface area contributed by atoms with Crippen molar-refractivity contribution < 1.29 is 23.9 Å². The second-order valence-corrected chi connectivity index (χ2v) is 8.77. The number of amides is 4. The average Bonchev–Trinajstić information content (AvgIpc) is 3.07. The highest BCUT2D eigenvalue weighted by Gasteiger charge is 2.49. The van der Waals surface area contributed by atoms with E-state index in [0.717, 1.165) is 11.3 Å². The number of methoxy groups -OCH3 is 2. The fraction of sp³-hybridized carbons (Fsp3) is 0.609. The Bertz CT molecular complexity index is 830. The highest BCUT2D eigenvalue weighted by molar-refractivity contribution is 5.91. The first-order valence-corrected chi connectivity index (χ1v) is 11.1. The third-order valence-corrected chi connectivity index (χ3v) is 5.90. The lowest BCUT2D eigenvalue weighted by Gasteiger charge is -2.42. The lowest BCUT2D eigenvalue weighted by Crippen LogP contribution is -2.61. The molecule has 2 aliphatic rings. The van der Waals surface area contributed by atoms with Crippen molar-refractivity contribution in [3.8, 4) is 5.75 Å². The maximum Gasteiger partial charge on any atom is 0.321 e. The van der Waals surface area contributed by atoms with Crippen LogP contribution in [0.5, 0.6) is 5.75 Å². The van der Waals surface area contributed by atoms with Gasteiger partial charge in [0.05, 0.1) is 19.8 Å². The molecule has 9 nitrogen and oxygen atoms in total. The Hall–Kier alpha value is -2.81. The van der Waals surface area contributed by atoms with Gasteiger partial charge in [-0.3, -0.25) is 9.59 Å². The van der Waals surface area contributed by atoms with E-state index in [-0.39, 0.29) is 36.3 Å². The van der Waals surface area contributed by atoms with Crippen LogP contribution in [0.25, 0.3) is 0 Å². The minimum Gasteiger partial charge on any atom is -0.497 e. The highest BCUT2D eigenvalue weighted by Crippen LogP contribution is 2.29. The Morgan fingerprint density at radius 1 is 1.19 bits per heavy atom. The standard InChI is InChI=1S/C23H34N4O5/c1-16(2)10-20-22(29)25(8-9-31-3)13-18-14-26(23(30)27(18)20)15-21(28)24-12-17-6-5-7-19(11-17)32-4/h5-7,11,16,18,20H,8-10,12-15H2,1-4H3,(H,24,28)/t18-,20+/m1/s1. The molecule has 0 unspecified atom stereocenters. The summed E-state index contributed by atoms with van der Waals surface area (Å²) < 4.78 is 10.4. The van der Waals surface area contributed by atoms with Crippen molar-refractivity contribution in [3.63, 3.8) is 0 Å². The lowest BCUT2D eigenvalue weighted by atomic mass is 9.97. The molecule has 1 aromatic rings. The van der Waals surface area contributed by atoms with E-state index in [2.05, 4.69) is 5.32 Å². The second-order valence-electron chi connectivity index (χ2n) is 8.77. The van der Waals surface area contributed by atoms with Crippen molar-refractivity contribution in [1.29, 1.82) is 0 Å². The largest absolute Gasteiger partial charge is 0.497 e. The lowest BCUT2D eigenvalue weighted by molar-refractivity contribution is -0.143. The molecule has 2 aliphatic heterocycles. The Balaban J connectivity index is 1.63. The maximum absolute atomic E-state index is 13.2. The molecule has 0 bridgehead atoms. The molecule has 0 aliphatic carbocycles. The summed E-state index contributed by atoms with van der Waals surface area (Å²) in [7, 11) is 3.20. The van der Waals surface area contributed by atoms with Gasteiger partial charge in [0.25, 0.3) is 0 Å². The Kier molecular flexibility index (Phi) is 7.95. The fourth-order valence-electron chi connectivity index (χ4n) is 4.36. The number of piperazine rings is 1. The monoisotopic (exact) mass is 446 g/mol. The highest BCUT2D eigenvalue weighted by atomic mass is 16.5. The average molecular weight is 447 g/mol. The van der Waals surface area contributed by atoms with Crippen LogP contribution in [0.2, 0.25) is 0 Å². The number of benzene rings is 1. The molecule has 0 spiro atoms. The number of carbonyl (C=O) groups excluding carboxylic acids is 3. The van der Waals surface area contributed by atoms with E-state index in [1.165, 1.54) is 0 Å². The first-order chi connectivity index (χ1) is 15.3. The Morgan fingerprint density at radius 2 is 1.94 bits per heavy atom. The van der Waals surface area contributed by atoms with E-state index < -0.39 is 6.04 Å². The minimum absolute atomic E-state index is 0.0313. The van der Waals surface area contributed by atoms with Gasteiger partial charge in [-0.1, -0.05) is 26.0 Å². The van der Waals surface area contributed by atoms with E-state index in [0.29, 0.717) is 39.2 Å². The molecule has 9 heteroatoms. The van der Waals surface area contributed by atoms with Crippen molar-refractivity contribution in [1.82, 2.24) is 20.0 Å². The van der Waals surface area contributed by atoms with Crippen LogP contribution in [0.15, 0.2) is 24.3 Å². The molecular weight excluding hydrogens is 412 g/mol. The molecule has 2 heterocycles. The molecule has 0 radical (unpaired) electrons. The molecule has 2 atom stereocenters. The normalized spacial score (nSPS) is 20.7. The van der Waals surface area contributed by atoms with Gasteiger partial charge in [-0.15, -0.1) is 0 Å². The van der Waals surface area contributed by atoms with Gasteiger partial charge in [0.1, 0.15) is 18.3 Å². The van der Waals surface area contributed by atoms with Crippen molar-refractivity contribution in [3.05, 3.63) is 29.8 Å². The van der Waals surface area contributed by atoms with Crippen LogP contribution in [0.1, 0.15) is 25.8 Å². The number of hydrogen-bond acceptors (Lipinski definition) is 5. The van der Waals surface area contributed by atoms with Crippen LogP contribution in [-0.2, 0) is 20.9 Å². The molecule has 1 N–H and O–H groups in total. The van der Waals surface area contributed by atoms with Gasteiger partial charge >= 0.3 is 6.03 Å². The molecule has 2 fully saturated rings. The summed E-state index contributed by atoms with van der Waals surface area (Å²) in [5.74, 6) is 0.718. The van der Waals surface area contributed by atoms with Gasteiger partial charge < -0.3 is 29.5 Å². The number of ether oxygens (including phenoxy) is 2. The molecule has 2 saturated heterocycles. The Labute approximate surface area is 189 Å². The summed E-state index contributed by atoms with van der Waals surface area (Å²) in [6, 6.07) is 6.62.